The highest BCUT2D eigenvalue weighted by Crippen LogP contribution is 2.65. The van der Waals surface area contributed by atoms with E-state index in [1.165, 1.54) is 55.8 Å². The van der Waals surface area contributed by atoms with Gasteiger partial charge in [-0.25, -0.2) is 0 Å². The topological polar surface area (TPSA) is 96.6 Å². The Bertz CT molecular complexity index is 1940. The Morgan fingerprint density at radius 1 is 1.13 bits per heavy atom. The predicted molar refractivity (Wildman–Crippen MR) is 174 cm³/mol. The summed E-state index contributed by atoms with van der Waals surface area (Å²) in [7, 11) is 0. The lowest BCUT2D eigenvalue weighted by molar-refractivity contribution is -0.688. The number of aromatic nitrogens is 2. The molecule has 7 heteroatoms. The first kappa shape index (κ1) is 27.6. The molecule has 1 aliphatic carbocycles. The van der Waals surface area contributed by atoms with Crippen molar-refractivity contribution in [3.8, 4) is 11.4 Å². The Labute approximate surface area is 263 Å². The molecule has 0 amide bonds. The highest BCUT2D eigenvalue weighted by molar-refractivity contribution is 5.91. The average molecular weight is 601 g/mol. The van der Waals surface area contributed by atoms with Crippen LogP contribution in [0.3, 0.4) is 0 Å². The second-order valence-corrected chi connectivity index (χ2v) is 14.0. The van der Waals surface area contributed by atoms with Crippen LogP contribution in [0.2, 0.25) is 0 Å². The van der Waals surface area contributed by atoms with E-state index in [0.29, 0.717) is 6.04 Å². The van der Waals surface area contributed by atoms with Gasteiger partial charge in [-0.1, -0.05) is 55.0 Å². The summed E-state index contributed by atoms with van der Waals surface area (Å²) in [5.41, 5.74) is 12.6. The van der Waals surface area contributed by atoms with Crippen LogP contribution in [0.4, 0.5) is 5.69 Å². The van der Waals surface area contributed by atoms with Crippen molar-refractivity contribution in [2.24, 2.45) is 11.8 Å². The summed E-state index contributed by atoms with van der Waals surface area (Å²) >= 11 is 0. The molecule has 4 N–H and O–H groups in total. The van der Waals surface area contributed by atoms with Crippen LogP contribution < -0.4 is 9.47 Å². The van der Waals surface area contributed by atoms with Crippen molar-refractivity contribution in [2.75, 3.05) is 24.6 Å². The summed E-state index contributed by atoms with van der Waals surface area (Å²) in [5, 5.41) is 24.1. The molecule has 7 nitrogen and oxygen atoms in total. The quantitative estimate of drug-likeness (QED) is 0.237. The molecule has 3 fully saturated rings. The molecule has 1 saturated carbocycles. The van der Waals surface area contributed by atoms with E-state index < -0.39 is 6.10 Å². The highest BCUT2D eigenvalue weighted by Gasteiger charge is 2.69. The molecule has 4 aromatic rings. The molecular weight excluding hydrogens is 560 g/mol. The van der Waals surface area contributed by atoms with Gasteiger partial charge in [-0.05, 0) is 60.5 Å². The number of para-hydroxylation sites is 2. The molecule has 10 rings (SSSR count). The number of aryl methyl sites for hydroxylation is 3. The third-order valence-electron chi connectivity index (χ3n) is 12.5. The van der Waals surface area contributed by atoms with E-state index in [2.05, 4.69) is 93.3 Å². The third kappa shape index (κ3) is 3.37. The average Bonchev–Trinajstić information content (AvgIpc) is 3.73. The number of piperidine rings is 1. The number of pyridine rings is 1. The number of fused-ring (bicyclic) bond motifs is 9. The standard InChI is InChI=1S/C38H38N4O2.H2O/c1-2-22-19-40-14-11-25-24-7-3-5-9-30(24)39-35(25)32(40)17-26(22)28-21-42-31-10-6-4-8-29(31)38-13-15-41-20-23(12-16-43)27(18-33(38)41)34(36(28)44)37(38)42;/h3-10,12,17,19,21,27,33-34,36-37,43-44H,2,11,13-16,18,20H2,1H3;1H2/b23-12-;/t27-,33-,34-,36+,37-,38+;/m0./s1. The van der Waals surface area contributed by atoms with Gasteiger partial charge in [-0.2, -0.15) is 4.57 Å². The van der Waals surface area contributed by atoms with E-state index in [4.69, 9.17) is 0 Å². The summed E-state index contributed by atoms with van der Waals surface area (Å²) in [6, 6.07) is 20.8. The largest absolute Gasteiger partial charge is 0.870 e. The first-order valence-corrected chi connectivity index (χ1v) is 16.6. The Morgan fingerprint density at radius 3 is 2.84 bits per heavy atom. The van der Waals surface area contributed by atoms with Crippen LogP contribution in [0.15, 0.2) is 78.6 Å². The van der Waals surface area contributed by atoms with E-state index in [1.807, 2.05) is 6.08 Å². The number of rotatable bonds is 3. The molecule has 6 aliphatic rings. The normalized spacial score (nSPS) is 31.3. The van der Waals surface area contributed by atoms with Crippen LogP contribution >= 0.6 is 0 Å². The highest BCUT2D eigenvalue weighted by atomic mass is 16.3. The molecule has 2 aromatic heterocycles. The van der Waals surface area contributed by atoms with Crippen molar-refractivity contribution in [3.05, 3.63) is 101 Å². The second-order valence-electron chi connectivity index (χ2n) is 14.0. The lowest BCUT2D eigenvalue weighted by Crippen LogP contribution is -2.67. The number of aliphatic hydroxyl groups excluding tert-OH is 2. The smallest absolute Gasteiger partial charge is 0.229 e. The minimum Gasteiger partial charge on any atom is -0.870 e. The number of aliphatic hydroxyl groups is 2. The third-order valence-corrected chi connectivity index (χ3v) is 12.5. The van der Waals surface area contributed by atoms with E-state index in [1.54, 1.807) is 0 Å². The summed E-state index contributed by atoms with van der Waals surface area (Å²) in [5.74, 6) is 0.321. The van der Waals surface area contributed by atoms with Gasteiger partial charge < -0.3 is 25.6 Å². The summed E-state index contributed by atoms with van der Waals surface area (Å²) in [4.78, 5) is 9.00. The van der Waals surface area contributed by atoms with Crippen LogP contribution in [-0.4, -0.2) is 63.5 Å². The maximum absolute atomic E-state index is 12.7. The van der Waals surface area contributed by atoms with Gasteiger partial charge in [0.05, 0.1) is 18.8 Å². The van der Waals surface area contributed by atoms with Gasteiger partial charge in [0.15, 0.2) is 12.7 Å². The van der Waals surface area contributed by atoms with Crippen molar-refractivity contribution >= 4 is 22.2 Å². The number of anilines is 1. The van der Waals surface area contributed by atoms with Crippen molar-refractivity contribution < 1.29 is 20.3 Å². The Hall–Kier alpha value is -3.75. The zero-order valence-electron chi connectivity index (χ0n) is 25.7. The van der Waals surface area contributed by atoms with Gasteiger partial charge in [0.25, 0.3) is 0 Å². The Balaban J connectivity index is 0.00000281. The molecular formula is C38H40N4O3. The number of nitrogens with one attached hydrogen (secondary N) is 1. The molecule has 2 aromatic carbocycles. The van der Waals surface area contributed by atoms with Crippen LogP contribution in [0.5, 0.6) is 0 Å². The van der Waals surface area contributed by atoms with Gasteiger partial charge >= 0.3 is 0 Å². The number of nitrogens with zero attached hydrogens (tertiary/aromatic N) is 3. The molecule has 0 radical (unpaired) electrons. The van der Waals surface area contributed by atoms with Gasteiger partial charge in [0, 0.05) is 70.3 Å². The molecule has 5 aliphatic heterocycles. The molecule has 7 heterocycles. The van der Waals surface area contributed by atoms with Crippen molar-refractivity contribution in [2.45, 2.75) is 62.8 Å². The second kappa shape index (κ2) is 9.63. The Kier molecular flexibility index (Phi) is 5.90. The van der Waals surface area contributed by atoms with Gasteiger partial charge in [-0.15, -0.1) is 0 Å². The first-order chi connectivity index (χ1) is 21.6. The lowest BCUT2D eigenvalue weighted by Gasteiger charge is -2.59. The minimum atomic E-state index is -0.582. The van der Waals surface area contributed by atoms with Crippen molar-refractivity contribution in [1.29, 1.82) is 0 Å². The van der Waals surface area contributed by atoms with Crippen molar-refractivity contribution in [1.82, 2.24) is 9.88 Å². The lowest BCUT2D eigenvalue weighted by atomic mass is 9.53. The SMILES string of the molecule is CCc1c[n+]2c(cc1C1=CN3c4ccccc4[C@]45CCN6C/C(=C/CO)[C@H](C[C@H]64)[C@@H]([C@@H]1O)[C@H]35)-c1[nH]c3ccccc3c1CC2.[OH-]. The maximum atomic E-state index is 12.7. The molecule has 45 heavy (non-hydrogen) atoms. The molecule has 1 spiro atoms. The fourth-order valence-electron chi connectivity index (χ4n) is 10.8. The molecule has 0 unspecified atom stereocenters. The fraction of sp³-hybridized carbons (Fsp3) is 0.395. The first-order valence-electron chi connectivity index (χ1n) is 16.6. The van der Waals surface area contributed by atoms with Crippen LogP contribution in [0.1, 0.15) is 42.0 Å². The summed E-state index contributed by atoms with van der Waals surface area (Å²) < 4.78 is 2.42. The number of H-pyrrole nitrogens is 1. The monoisotopic (exact) mass is 600 g/mol. The Morgan fingerprint density at radius 2 is 1.98 bits per heavy atom. The zero-order chi connectivity index (χ0) is 29.3. The molecule has 2 saturated heterocycles. The van der Waals surface area contributed by atoms with Crippen LogP contribution in [0, 0.1) is 11.8 Å². The number of benzene rings is 2. The van der Waals surface area contributed by atoms with E-state index in [0.717, 1.165) is 50.9 Å². The van der Waals surface area contributed by atoms with E-state index in [-0.39, 0.29) is 35.4 Å². The van der Waals surface area contributed by atoms with Gasteiger partial charge in [-0.3, -0.25) is 4.90 Å². The van der Waals surface area contributed by atoms with Crippen molar-refractivity contribution in [3.63, 3.8) is 0 Å². The van der Waals surface area contributed by atoms with Crippen LogP contribution in [-0.2, 0) is 24.8 Å². The summed E-state index contributed by atoms with van der Waals surface area (Å²) in [6.45, 7) is 5.25. The molecule has 2 bridgehead atoms. The predicted octanol–water partition coefficient (Wildman–Crippen LogP) is 4.55. The maximum Gasteiger partial charge on any atom is 0.229 e. The number of hydrogen-bond acceptors (Lipinski definition) is 5. The minimum absolute atomic E-state index is 0. The van der Waals surface area contributed by atoms with Gasteiger partial charge in [0.1, 0.15) is 5.69 Å². The molecule has 6 atom stereocenters. The number of aromatic amines is 1. The van der Waals surface area contributed by atoms with E-state index in [9.17, 15) is 10.2 Å². The summed E-state index contributed by atoms with van der Waals surface area (Å²) in [6.07, 6.45) is 10.2. The van der Waals surface area contributed by atoms with Gasteiger partial charge in [0.2, 0.25) is 5.69 Å². The fourth-order valence-corrected chi connectivity index (χ4v) is 10.8. The molecule has 230 valence electrons. The van der Waals surface area contributed by atoms with E-state index >= 15 is 0 Å². The number of hydrogen-bond donors (Lipinski definition) is 3. The van der Waals surface area contributed by atoms with Crippen LogP contribution in [0.25, 0.3) is 27.9 Å². The zero-order valence-corrected chi connectivity index (χ0v) is 25.7.